The molecule has 2 N–H and O–H groups in total. The van der Waals surface area contributed by atoms with Crippen LogP contribution in [-0.4, -0.2) is 25.9 Å². The summed E-state index contributed by atoms with van der Waals surface area (Å²) in [6.07, 6.45) is 3.39. The van der Waals surface area contributed by atoms with Crippen molar-refractivity contribution in [1.29, 1.82) is 0 Å². The molecule has 6 nitrogen and oxygen atoms in total. The maximum atomic E-state index is 11.7. The van der Waals surface area contributed by atoms with Crippen molar-refractivity contribution in [3.05, 3.63) is 29.8 Å². The van der Waals surface area contributed by atoms with Gasteiger partial charge in [0.15, 0.2) is 0 Å². The van der Waals surface area contributed by atoms with Crippen LogP contribution in [0.5, 0.6) is 0 Å². The average Bonchev–Trinajstić information content (AvgIpc) is 2.83. The lowest BCUT2D eigenvalue weighted by atomic mass is 10.3. The van der Waals surface area contributed by atoms with Crippen molar-refractivity contribution in [2.75, 3.05) is 5.32 Å². The zero-order chi connectivity index (χ0) is 11.5. The standard InChI is InChI=1S/C10H13N5O/c1-7-10(8(2)14-13-7)12-9(16)6-15-5-3-4-11-15/h3-5H,6H2,1-2H3,(H,12,16)(H,13,14). The topological polar surface area (TPSA) is 75.6 Å². The SMILES string of the molecule is Cc1n[nH]c(C)c1NC(=O)Cn1cccn1. The minimum Gasteiger partial charge on any atom is -0.321 e. The molecule has 84 valence electrons. The molecule has 0 aliphatic heterocycles. The third kappa shape index (κ3) is 2.10. The van der Waals surface area contributed by atoms with Gasteiger partial charge in [-0.15, -0.1) is 0 Å². The monoisotopic (exact) mass is 219 g/mol. The number of anilines is 1. The van der Waals surface area contributed by atoms with Crippen LogP contribution >= 0.6 is 0 Å². The molecule has 2 heterocycles. The van der Waals surface area contributed by atoms with Crippen LogP contribution in [0.3, 0.4) is 0 Å². The molecule has 0 fully saturated rings. The van der Waals surface area contributed by atoms with Crippen LogP contribution in [0.2, 0.25) is 0 Å². The number of hydrogen-bond acceptors (Lipinski definition) is 3. The van der Waals surface area contributed by atoms with E-state index in [4.69, 9.17) is 0 Å². The number of aromatic amines is 1. The summed E-state index contributed by atoms with van der Waals surface area (Å²) in [6, 6.07) is 1.78. The van der Waals surface area contributed by atoms with Gasteiger partial charge in [0.25, 0.3) is 0 Å². The van der Waals surface area contributed by atoms with Crippen molar-refractivity contribution in [1.82, 2.24) is 20.0 Å². The zero-order valence-electron chi connectivity index (χ0n) is 9.19. The van der Waals surface area contributed by atoms with Gasteiger partial charge < -0.3 is 5.32 Å². The van der Waals surface area contributed by atoms with Gasteiger partial charge in [-0.2, -0.15) is 10.2 Å². The number of carbonyl (C=O) groups is 1. The highest BCUT2D eigenvalue weighted by Gasteiger charge is 2.10. The first-order valence-electron chi connectivity index (χ1n) is 4.95. The quantitative estimate of drug-likeness (QED) is 0.804. The van der Waals surface area contributed by atoms with Crippen LogP contribution < -0.4 is 5.32 Å². The van der Waals surface area contributed by atoms with E-state index in [1.165, 1.54) is 0 Å². The maximum Gasteiger partial charge on any atom is 0.246 e. The molecule has 1 amide bonds. The molecule has 0 unspecified atom stereocenters. The Labute approximate surface area is 92.7 Å². The lowest BCUT2D eigenvalue weighted by molar-refractivity contribution is -0.116. The molecule has 0 saturated heterocycles. The van der Waals surface area contributed by atoms with Gasteiger partial charge in [0, 0.05) is 12.4 Å². The second kappa shape index (κ2) is 4.18. The molecule has 0 spiro atoms. The van der Waals surface area contributed by atoms with E-state index in [1.807, 2.05) is 13.8 Å². The molecule has 2 aromatic heterocycles. The van der Waals surface area contributed by atoms with Crippen molar-refractivity contribution in [3.63, 3.8) is 0 Å². The second-order valence-corrected chi connectivity index (χ2v) is 3.56. The van der Waals surface area contributed by atoms with E-state index in [1.54, 1.807) is 23.1 Å². The van der Waals surface area contributed by atoms with E-state index in [2.05, 4.69) is 20.6 Å². The van der Waals surface area contributed by atoms with E-state index < -0.39 is 0 Å². The Balaban J connectivity index is 2.03. The molecule has 0 saturated carbocycles. The maximum absolute atomic E-state index is 11.7. The fourth-order valence-electron chi connectivity index (χ4n) is 1.46. The highest BCUT2D eigenvalue weighted by atomic mass is 16.2. The molecule has 16 heavy (non-hydrogen) atoms. The molecule has 6 heteroatoms. The highest BCUT2D eigenvalue weighted by Crippen LogP contribution is 2.15. The number of H-pyrrole nitrogens is 1. The minimum absolute atomic E-state index is 0.115. The lowest BCUT2D eigenvalue weighted by Gasteiger charge is -2.05. The molecule has 0 aliphatic rings. The summed E-state index contributed by atoms with van der Waals surface area (Å²) in [5.74, 6) is -0.115. The first-order valence-corrected chi connectivity index (χ1v) is 4.95. The van der Waals surface area contributed by atoms with Crippen LogP contribution in [0.25, 0.3) is 0 Å². The van der Waals surface area contributed by atoms with Crippen molar-refractivity contribution >= 4 is 11.6 Å². The molecule has 0 atom stereocenters. The molecule has 0 aromatic carbocycles. The number of aryl methyl sites for hydroxylation is 2. The molecule has 0 radical (unpaired) electrons. The van der Waals surface area contributed by atoms with Crippen molar-refractivity contribution in [2.24, 2.45) is 0 Å². The van der Waals surface area contributed by atoms with Gasteiger partial charge in [0.2, 0.25) is 5.91 Å². The largest absolute Gasteiger partial charge is 0.321 e. The number of hydrogen-bond donors (Lipinski definition) is 2. The van der Waals surface area contributed by atoms with Crippen LogP contribution in [-0.2, 0) is 11.3 Å². The fraction of sp³-hybridized carbons (Fsp3) is 0.300. The Morgan fingerprint density at radius 3 is 2.94 bits per heavy atom. The Hall–Kier alpha value is -2.11. The number of aromatic nitrogens is 4. The van der Waals surface area contributed by atoms with Gasteiger partial charge in [0.1, 0.15) is 6.54 Å². The molecule has 2 rings (SSSR count). The third-order valence-electron chi connectivity index (χ3n) is 2.26. The van der Waals surface area contributed by atoms with Gasteiger partial charge in [0.05, 0.1) is 17.1 Å². The second-order valence-electron chi connectivity index (χ2n) is 3.56. The van der Waals surface area contributed by atoms with Gasteiger partial charge in [-0.05, 0) is 19.9 Å². The minimum atomic E-state index is -0.115. The Bertz CT molecular complexity index is 466. The summed E-state index contributed by atoms with van der Waals surface area (Å²) >= 11 is 0. The number of amides is 1. The van der Waals surface area contributed by atoms with Gasteiger partial charge in [-0.1, -0.05) is 0 Å². The molecule has 0 aliphatic carbocycles. The number of nitrogens with zero attached hydrogens (tertiary/aromatic N) is 3. The summed E-state index contributed by atoms with van der Waals surface area (Å²) in [5, 5.41) is 13.6. The number of rotatable bonds is 3. The Morgan fingerprint density at radius 1 is 1.56 bits per heavy atom. The molecule has 0 bridgehead atoms. The average molecular weight is 219 g/mol. The van der Waals surface area contributed by atoms with E-state index >= 15 is 0 Å². The Morgan fingerprint density at radius 2 is 2.38 bits per heavy atom. The van der Waals surface area contributed by atoms with Gasteiger partial charge in [-0.25, -0.2) is 0 Å². The molecular weight excluding hydrogens is 206 g/mol. The summed E-state index contributed by atoms with van der Waals surface area (Å²) in [4.78, 5) is 11.7. The first-order chi connectivity index (χ1) is 7.66. The van der Waals surface area contributed by atoms with E-state index in [0.29, 0.717) is 0 Å². The van der Waals surface area contributed by atoms with Crippen molar-refractivity contribution in [2.45, 2.75) is 20.4 Å². The van der Waals surface area contributed by atoms with Crippen molar-refractivity contribution in [3.8, 4) is 0 Å². The molecule has 2 aromatic rings. The van der Waals surface area contributed by atoms with Gasteiger partial charge >= 0.3 is 0 Å². The van der Waals surface area contributed by atoms with Gasteiger partial charge in [-0.3, -0.25) is 14.6 Å². The van der Waals surface area contributed by atoms with E-state index in [0.717, 1.165) is 17.1 Å². The van der Waals surface area contributed by atoms with Crippen LogP contribution in [0, 0.1) is 13.8 Å². The Kier molecular flexibility index (Phi) is 2.72. The third-order valence-corrected chi connectivity index (χ3v) is 2.26. The van der Waals surface area contributed by atoms with Crippen molar-refractivity contribution < 1.29 is 4.79 Å². The number of carbonyl (C=O) groups excluding carboxylic acids is 1. The fourth-order valence-corrected chi connectivity index (χ4v) is 1.46. The highest BCUT2D eigenvalue weighted by molar-refractivity contribution is 5.91. The zero-order valence-corrected chi connectivity index (χ0v) is 9.19. The predicted molar refractivity (Wildman–Crippen MR) is 58.9 cm³/mol. The number of nitrogens with one attached hydrogen (secondary N) is 2. The molecular formula is C10H13N5O. The van der Waals surface area contributed by atoms with Crippen LogP contribution in [0.15, 0.2) is 18.5 Å². The predicted octanol–water partition coefficient (Wildman–Crippen LogP) is 0.862. The smallest absolute Gasteiger partial charge is 0.246 e. The van der Waals surface area contributed by atoms with Crippen LogP contribution in [0.1, 0.15) is 11.4 Å². The summed E-state index contributed by atoms with van der Waals surface area (Å²) in [6.45, 7) is 3.91. The summed E-state index contributed by atoms with van der Waals surface area (Å²) < 4.78 is 1.57. The summed E-state index contributed by atoms with van der Waals surface area (Å²) in [7, 11) is 0. The van der Waals surface area contributed by atoms with E-state index in [9.17, 15) is 4.79 Å². The normalized spacial score (nSPS) is 10.4. The first kappa shape index (κ1) is 10.4. The van der Waals surface area contributed by atoms with Crippen LogP contribution in [0.4, 0.5) is 5.69 Å². The van der Waals surface area contributed by atoms with E-state index in [-0.39, 0.29) is 12.5 Å². The lowest BCUT2D eigenvalue weighted by Crippen LogP contribution is -2.19. The summed E-state index contributed by atoms with van der Waals surface area (Å²) in [5.41, 5.74) is 2.38.